The molecule has 2 aromatic carbocycles. The number of benzene rings is 2. The number of aryl methyl sites for hydroxylation is 1. The molecule has 0 aromatic heterocycles. The van der Waals surface area contributed by atoms with Gasteiger partial charge in [0, 0.05) is 16.5 Å². The van der Waals surface area contributed by atoms with Crippen molar-refractivity contribution in [3.05, 3.63) is 70.2 Å². The second kappa shape index (κ2) is 6.50. The molecule has 0 aliphatic rings. The van der Waals surface area contributed by atoms with E-state index >= 15 is 0 Å². The van der Waals surface area contributed by atoms with E-state index in [9.17, 15) is 4.79 Å². The molecule has 0 N–H and O–H groups in total. The highest BCUT2D eigenvalue weighted by atomic mass is 79.9. The number of hydrogen-bond acceptors (Lipinski definition) is 1. The SMILES string of the molecule is O=C(CCCc1ccccc1)c1ccccc1Br. The van der Waals surface area contributed by atoms with E-state index < -0.39 is 0 Å². The molecule has 0 amide bonds. The van der Waals surface area contributed by atoms with Crippen molar-refractivity contribution in [1.82, 2.24) is 0 Å². The first-order chi connectivity index (χ1) is 8.77. The summed E-state index contributed by atoms with van der Waals surface area (Å²) in [6.45, 7) is 0. The van der Waals surface area contributed by atoms with Gasteiger partial charge in [-0.1, -0.05) is 64.5 Å². The molecular weight excluding hydrogens is 288 g/mol. The number of carbonyl (C=O) groups excluding carboxylic acids is 1. The Hall–Kier alpha value is -1.41. The Kier molecular flexibility index (Phi) is 4.71. The van der Waals surface area contributed by atoms with E-state index in [-0.39, 0.29) is 5.78 Å². The molecule has 2 heteroatoms. The summed E-state index contributed by atoms with van der Waals surface area (Å²) in [5.41, 5.74) is 2.07. The van der Waals surface area contributed by atoms with Gasteiger partial charge in [0.15, 0.2) is 5.78 Å². The zero-order valence-electron chi connectivity index (χ0n) is 10.1. The second-order valence-electron chi connectivity index (χ2n) is 4.24. The number of Topliss-reactive ketones (excluding diaryl/α,β-unsaturated/α-hetero) is 1. The third-order valence-corrected chi connectivity index (χ3v) is 3.58. The Balaban J connectivity index is 1.88. The predicted octanol–water partition coefficient (Wildman–Crippen LogP) is 4.65. The van der Waals surface area contributed by atoms with Crippen LogP contribution in [0, 0.1) is 0 Å². The quantitative estimate of drug-likeness (QED) is 0.735. The summed E-state index contributed by atoms with van der Waals surface area (Å²) in [5.74, 6) is 0.207. The highest BCUT2D eigenvalue weighted by Crippen LogP contribution is 2.18. The minimum absolute atomic E-state index is 0.207. The minimum Gasteiger partial charge on any atom is -0.294 e. The average Bonchev–Trinajstić information content (AvgIpc) is 2.40. The van der Waals surface area contributed by atoms with E-state index in [4.69, 9.17) is 0 Å². The summed E-state index contributed by atoms with van der Waals surface area (Å²) in [4.78, 5) is 12.0. The lowest BCUT2D eigenvalue weighted by molar-refractivity contribution is 0.0979. The third-order valence-electron chi connectivity index (χ3n) is 2.89. The molecule has 1 nitrogen and oxygen atoms in total. The first-order valence-corrected chi connectivity index (χ1v) is 6.88. The molecule has 0 radical (unpaired) electrons. The fourth-order valence-electron chi connectivity index (χ4n) is 1.92. The highest BCUT2D eigenvalue weighted by Gasteiger charge is 2.08. The van der Waals surface area contributed by atoms with Crippen LogP contribution in [0.4, 0.5) is 0 Å². The summed E-state index contributed by atoms with van der Waals surface area (Å²) < 4.78 is 0.884. The zero-order chi connectivity index (χ0) is 12.8. The van der Waals surface area contributed by atoms with Crippen molar-refractivity contribution in [3.63, 3.8) is 0 Å². The third kappa shape index (κ3) is 3.54. The Morgan fingerprint density at radius 2 is 1.61 bits per heavy atom. The van der Waals surface area contributed by atoms with Gasteiger partial charge >= 0.3 is 0 Å². The van der Waals surface area contributed by atoms with Crippen LogP contribution in [0.2, 0.25) is 0 Å². The molecule has 92 valence electrons. The molecule has 2 rings (SSSR count). The van der Waals surface area contributed by atoms with Crippen LogP contribution in [0.15, 0.2) is 59.1 Å². The number of ketones is 1. The Bertz CT molecular complexity index is 520. The van der Waals surface area contributed by atoms with E-state index in [0.29, 0.717) is 6.42 Å². The smallest absolute Gasteiger partial charge is 0.164 e. The van der Waals surface area contributed by atoms with Crippen molar-refractivity contribution in [3.8, 4) is 0 Å². The maximum atomic E-state index is 12.0. The van der Waals surface area contributed by atoms with E-state index in [2.05, 4.69) is 28.1 Å². The average molecular weight is 303 g/mol. The van der Waals surface area contributed by atoms with E-state index in [0.717, 1.165) is 22.9 Å². The predicted molar refractivity (Wildman–Crippen MR) is 77.9 cm³/mol. The topological polar surface area (TPSA) is 17.1 Å². The maximum absolute atomic E-state index is 12.0. The van der Waals surface area contributed by atoms with Gasteiger partial charge in [0.1, 0.15) is 0 Å². The minimum atomic E-state index is 0.207. The van der Waals surface area contributed by atoms with Crippen LogP contribution in [0.1, 0.15) is 28.8 Å². The number of halogens is 1. The first-order valence-electron chi connectivity index (χ1n) is 6.09. The number of rotatable bonds is 5. The molecule has 0 aliphatic heterocycles. The van der Waals surface area contributed by atoms with Crippen molar-refractivity contribution in [2.45, 2.75) is 19.3 Å². The molecule has 0 saturated heterocycles. The highest BCUT2D eigenvalue weighted by molar-refractivity contribution is 9.10. The van der Waals surface area contributed by atoms with Gasteiger partial charge in [0.25, 0.3) is 0 Å². The lowest BCUT2D eigenvalue weighted by atomic mass is 10.0. The van der Waals surface area contributed by atoms with Crippen LogP contribution >= 0.6 is 15.9 Å². The molecule has 0 bridgehead atoms. The molecule has 0 unspecified atom stereocenters. The molecule has 2 aromatic rings. The Morgan fingerprint density at radius 1 is 0.944 bits per heavy atom. The monoisotopic (exact) mass is 302 g/mol. The van der Waals surface area contributed by atoms with Crippen molar-refractivity contribution < 1.29 is 4.79 Å². The molecular formula is C16H15BrO. The molecule has 18 heavy (non-hydrogen) atoms. The van der Waals surface area contributed by atoms with Gasteiger partial charge in [-0.3, -0.25) is 4.79 Å². The largest absolute Gasteiger partial charge is 0.294 e. The van der Waals surface area contributed by atoms with E-state index in [1.54, 1.807) is 0 Å². The summed E-state index contributed by atoms with van der Waals surface area (Å²) >= 11 is 3.41. The van der Waals surface area contributed by atoms with Crippen LogP contribution in [-0.2, 0) is 6.42 Å². The normalized spacial score (nSPS) is 10.3. The van der Waals surface area contributed by atoms with Gasteiger partial charge in [-0.15, -0.1) is 0 Å². The fourth-order valence-corrected chi connectivity index (χ4v) is 2.43. The summed E-state index contributed by atoms with van der Waals surface area (Å²) in [7, 11) is 0. The summed E-state index contributed by atoms with van der Waals surface area (Å²) in [6, 6.07) is 17.9. The lowest BCUT2D eigenvalue weighted by Crippen LogP contribution is -2.00. The van der Waals surface area contributed by atoms with Crippen LogP contribution in [0.3, 0.4) is 0 Å². The van der Waals surface area contributed by atoms with Crippen LogP contribution in [0.5, 0.6) is 0 Å². The van der Waals surface area contributed by atoms with Crippen molar-refractivity contribution >= 4 is 21.7 Å². The van der Waals surface area contributed by atoms with Crippen LogP contribution in [0.25, 0.3) is 0 Å². The standard InChI is InChI=1S/C16H15BrO/c17-15-11-5-4-10-14(15)16(18)12-6-9-13-7-2-1-3-8-13/h1-5,7-8,10-11H,6,9,12H2. The summed E-state index contributed by atoms with van der Waals surface area (Å²) in [6.07, 6.45) is 2.44. The van der Waals surface area contributed by atoms with Gasteiger partial charge in [0.2, 0.25) is 0 Å². The van der Waals surface area contributed by atoms with Gasteiger partial charge in [-0.05, 0) is 24.5 Å². The van der Waals surface area contributed by atoms with Crippen LogP contribution in [-0.4, -0.2) is 5.78 Å². The number of hydrogen-bond donors (Lipinski definition) is 0. The Morgan fingerprint density at radius 3 is 2.33 bits per heavy atom. The summed E-state index contributed by atoms with van der Waals surface area (Å²) in [5, 5.41) is 0. The van der Waals surface area contributed by atoms with E-state index in [1.165, 1.54) is 5.56 Å². The first kappa shape index (κ1) is 13.0. The van der Waals surface area contributed by atoms with Crippen LogP contribution < -0.4 is 0 Å². The van der Waals surface area contributed by atoms with Gasteiger partial charge < -0.3 is 0 Å². The molecule has 0 spiro atoms. The van der Waals surface area contributed by atoms with Crippen molar-refractivity contribution in [1.29, 1.82) is 0 Å². The second-order valence-corrected chi connectivity index (χ2v) is 5.10. The fraction of sp³-hybridized carbons (Fsp3) is 0.188. The van der Waals surface area contributed by atoms with Crippen molar-refractivity contribution in [2.24, 2.45) is 0 Å². The number of carbonyl (C=O) groups is 1. The maximum Gasteiger partial charge on any atom is 0.164 e. The van der Waals surface area contributed by atoms with Gasteiger partial charge in [0.05, 0.1) is 0 Å². The molecule has 0 aliphatic carbocycles. The lowest BCUT2D eigenvalue weighted by Gasteiger charge is -2.04. The van der Waals surface area contributed by atoms with Gasteiger partial charge in [-0.2, -0.15) is 0 Å². The van der Waals surface area contributed by atoms with Gasteiger partial charge in [-0.25, -0.2) is 0 Å². The Labute approximate surface area is 116 Å². The molecule has 0 heterocycles. The molecule has 0 saturated carbocycles. The van der Waals surface area contributed by atoms with E-state index in [1.807, 2.05) is 42.5 Å². The zero-order valence-corrected chi connectivity index (χ0v) is 11.7. The van der Waals surface area contributed by atoms with Crippen molar-refractivity contribution in [2.75, 3.05) is 0 Å². The molecule has 0 atom stereocenters. The molecule has 0 fully saturated rings.